The van der Waals surface area contributed by atoms with E-state index < -0.39 is 0 Å². The molecule has 3 nitrogen and oxygen atoms in total. The number of benzene rings is 1. The first-order valence-electron chi connectivity index (χ1n) is 6.96. The van der Waals surface area contributed by atoms with Crippen molar-refractivity contribution in [3.8, 4) is 0 Å². The van der Waals surface area contributed by atoms with Gasteiger partial charge in [0.15, 0.2) is 0 Å². The van der Waals surface area contributed by atoms with Crippen molar-refractivity contribution in [3.63, 3.8) is 0 Å². The lowest BCUT2D eigenvalue weighted by molar-refractivity contribution is 0.0813. The van der Waals surface area contributed by atoms with Crippen LogP contribution in [0.4, 0.5) is 0 Å². The first-order valence-corrected chi connectivity index (χ1v) is 7.72. The molecule has 2 rings (SSSR count). The lowest BCUT2D eigenvalue weighted by atomic mass is 9.73. The van der Waals surface area contributed by atoms with Gasteiger partial charge in [0.2, 0.25) is 0 Å². The molecule has 0 aliphatic heterocycles. The lowest BCUT2D eigenvalue weighted by Crippen LogP contribution is -2.59. The molecule has 5 heteroatoms. The van der Waals surface area contributed by atoms with Gasteiger partial charge in [-0.15, -0.1) is 0 Å². The zero-order valence-corrected chi connectivity index (χ0v) is 13.1. The zero-order chi connectivity index (χ0) is 14.8. The van der Waals surface area contributed by atoms with Crippen LogP contribution in [0.15, 0.2) is 18.2 Å². The molecule has 1 aliphatic rings. The molecular weight excluding hydrogens is 295 g/mol. The Labute approximate surface area is 129 Å². The maximum atomic E-state index is 12.5. The summed E-state index contributed by atoms with van der Waals surface area (Å²) >= 11 is 11.9. The quantitative estimate of drug-likeness (QED) is 0.895. The average molecular weight is 315 g/mol. The van der Waals surface area contributed by atoms with E-state index in [1.54, 1.807) is 18.2 Å². The van der Waals surface area contributed by atoms with Crippen LogP contribution >= 0.6 is 23.2 Å². The second kappa shape index (κ2) is 6.33. The summed E-state index contributed by atoms with van der Waals surface area (Å²) in [5.74, 6) is 0.196. The fourth-order valence-corrected chi connectivity index (χ4v) is 3.42. The van der Waals surface area contributed by atoms with Crippen LogP contribution in [-0.2, 0) is 0 Å². The Balaban J connectivity index is 2.20. The van der Waals surface area contributed by atoms with E-state index in [1.165, 1.54) is 6.42 Å². The highest BCUT2D eigenvalue weighted by atomic mass is 35.5. The Bertz CT molecular complexity index is 507. The Kier molecular flexibility index (Phi) is 4.95. The number of halogens is 2. The minimum absolute atomic E-state index is 0.175. The van der Waals surface area contributed by atoms with E-state index >= 15 is 0 Å². The Morgan fingerprint density at radius 2 is 2.20 bits per heavy atom. The fraction of sp³-hybridized carbons (Fsp3) is 0.533. The summed E-state index contributed by atoms with van der Waals surface area (Å²) in [6.45, 7) is 2.60. The number of amides is 1. The Morgan fingerprint density at radius 3 is 2.80 bits per heavy atom. The number of nitrogens with one attached hydrogen (secondary N) is 1. The third kappa shape index (κ3) is 3.11. The molecular formula is C15H20Cl2N2O. The lowest BCUT2D eigenvalue weighted by Gasteiger charge is -2.42. The minimum Gasteiger partial charge on any atom is -0.345 e. The number of hydrogen-bond acceptors (Lipinski definition) is 2. The molecule has 3 N–H and O–H groups in total. The molecule has 0 aromatic heterocycles. The zero-order valence-electron chi connectivity index (χ0n) is 11.6. The van der Waals surface area contributed by atoms with Crippen LogP contribution in [0.2, 0.25) is 10.0 Å². The van der Waals surface area contributed by atoms with Crippen LogP contribution in [0.3, 0.4) is 0 Å². The van der Waals surface area contributed by atoms with Gasteiger partial charge >= 0.3 is 0 Å². The normalized spacial score (nSPS) is 26.3. The largest absolute Gasteiger partial charge is 0.345 e. The van der Waals surface area contributed by atoms with Gasteiger partial charge < -0.3 is 11.1 Å². The Morgan fingerprint density at radius 1 is 1.45 bits per heavy atom. The monoisotopic (exact) mass is 314 g/mol. The van der Waals surface area contributed by atoms with Gasteiger partial charge in [-0.25, -0.2) is 0 Å². The Hall–Kier alpha value is -0.770. The van der Waals surface area contributed by atoms with Crippen molar-refractivity contribution in [2.45, 2.75) is 38.1 Å². The number of rotatable bonds is 3. The summed E-state index contributed by atoms with van der Waals surface area (Å²) in [7, 11) is 0. The van der Waals surface area contributed by atoms with Gasteiger partial charge in [-0.2, -0.15) is 0 Å². The van der Waals surface area contributed by atoms with Crippen molar-refractivity contribution in [1.29, 1.82) is 0 Å². The van der Waals surface area contributed by atoms with Crippen molar-refractivity contribution in [1.82, 2.24) is 5.32 Å². The number of carbonyl (C=O) groups is 1. The smallest absolute Gasteiger partial charge is 0.253 e. The van der Waals surface area contributed by atoms with Crippen molar-refractivity contribution in [2.24, 2.45) is 11.7 Å². The number of nitrogens with two attached hydrogens (primary N) is 1. The molecule has 2 atom stereocenters. The maximum Gasteiger partial charge on any atom is 0.253 e. The summed E-state index contributed by atoms with van der Waals surface area (Å²) in [6, 6.07) is 4.90. The summed E-state index contributed by atoms with van der Waals surface area (Å²) < 4.78 is 0. The van der Waals surface area contributed by atoms with E-state index in [4.69, 9.17) is 28.9 Å². The van der Waals surface area contributed by atoms with E-state index in [2.05, 4.69) is 12.2 Å². The van der Waals surface area contributed by atoms with Gasteiger partial charge in [-0.1, -0.05) is 43.0 Å². The standard InChI is InChI=1S/C15H20Cl2N2O/c1-10-4-2-3-7-15(10,9-18)19-14(20)12-6-5-11(16)8-13(12)17/h5-6,8,10H,2-4,7,9,18H2,1H3,(H,19,20). The molecule has 0 radical (unpaired) electrons. The summed E-state index contributed by atoms with van der Waals surface area (Å²) in [5.41, 5.74) is 6.07. The van der Waals surface area contributed by atoms with Gasteiger partial charge in [0.25, 0.3) is 5.91 Å². The summed E-state index contributed by atoms with van der Waals surface area (Å²) in [4.78, 5) is 12.5. The topological polar surface area (TPSA) is 55.1 Å². The van der Waals surface area contributed by atoms with Crippen LogP contribution < -0.4 is 11.1 Å². The first-order chi connectivity index (χ1) is 9.48. The number of hydrogen-bond donors (Lipinski definition) is 2. The van der Waals surface area contributed by atoms with Gasteiger partial charge in [-0.3, -0.25) is 4.79 Å². The molecule has 1 aromatic rings. The minimum atomic E-state index is -0.321. The SMILES string of the molecule is CC1CCCCC1(CN)NC(=O)c1ccc(Cl)cc1Cl. The highest BCUT2D eigenvalue weighted by Gasteiger charge is 2.38. The van der Waals surface area contributed by atoms with Crippen molar-refractivity contribution < 1.29 is 4.79 Å². The maximum absolute atomic E-state index is 12.5. The van der Waals surface area contributed by atoms with Crippen molar-refractivity contribution >= 4 is 29.1 Å². The second-order valence-electron chi connectivity index (χ2n) is 5.59. The molecule has 1 aromatic carbocycles. The van der Waals surface area contributed by atoms with Crippen LogP contribution in [-0.4, -0.2) is 18.0 Å². The molecule has 0 bridgehead atoms. The van der Waals surface area contributed by atoms with Gasteiger partial charge in [-0.05, 0) is 37.0 Å². The van der Waals surface area contributed by atoms with E-state index in [0.717, 1.165) is 19.3 Å². The van der Waals surface area contributed by atoms with Gasteiger partial charge in [0.05, 0.1) is 16.1 Å². The molecule has 1 aliphatic carbocycles. The second-order valence-corrected chi connectivity index (χ2v) is 6.43. The summed E-state index contributed by atoms with van der Waals surface area (Å²) in [6.07, 6.45) is 4.30. The molecule has 1 amide bonds. The summed E-state index contributed by atoms with van der Waals surface area (Å²) in [5, 5.41) is 4.00. The van der Waals surface area contributed by atoms with E-state index in [1.807, 2.05) is 0 Å². The highest BCUT2D eigenvalue weighted by molar-refractivity contribution is 6.36. The first kappa shape index (κ1) is 15.6. The van der Waals surface area contributed by atoms with Crippen LogP contribution in [0.5, 0.6) is 0 Å². The predicted octanol–water partition coefficient (Wildman–Crippen LogP) is 3.63. The van der Waals surface area contributed by atoms with E-state index in [9.17, 15) is 4.79 Å². The molecule has 1 saturated carbocycles. The van der Waals surface area contributed by atoms with Crippen molar-refractivity contribution in [3.05, 3.63) is 33.8 Å². The van der Waals surface area contributed by atoms with Gasteiger partial charge in [0.1, 0.15) is 0 Å². The molecule has 1 fully saturated rings. The van der Waals surface area contributed by atoms with Crippen LogP contribution in [0.1, 0.15) is 43.0 Å². The molecule has 0 heterocycles. The van der Waals surface area contributed by atoms with Crippen LogP contribution in [0, 0.1) is 5.92 Å². The predicted molar refractivity (Wildman–Crippen MR) is 83.3 cm³/mol. The van der Waals surface area contributed by atoms with Gasteiger partial charge in [0, 0.05) is 11.6 Å². The molecule has 2 unspecified atom stereocenters. The fourth-order valence-electron chi connectivity index (χ4n) is 2.92. The highest BCUT2D eigenvalue weighted by Crippen LogP contribution is 2.33. The van der Waals surface area contributed by atoms with Crippen LogP contribution in [0.25, 0.3) is 0 Å². The van der Waals surface area contributed by atoms with Crippen molar-refractivity contribution in [2.75, 3.05) is 6.54 Å². The number of carbonyl (C=O) groups excluding carboxylic acids is 1. The third-order valence-corrected chi connectivity index (χ3v) is 4.90. The molecule has 0 saturated heterocycles. The van der Waals surface area contributed by atoms with E-state index in [-0.39, 0.29) is 11.4 Å². The molecule has 0 spiro atoms. The molecule has 20 heavy (non-hydrogen) atoms. The third-order valence-electron chi connectivity index (χ3n) is 4.36. The molecule has 110 valence electrons. The van der Waals surface area contributed by atoms with E-state index in [0.29, 0.717) is 28.1 Å². The average Bonchev–Trinajstić information content (AvgIpc) is 2.41.